The number of aromatic nitrogens is 1. The zero-order valence-electron chi connectivity index (χ0n) is 10.4. The van der Waals surface area contributed by atoms with Crippen LogP contribution in [0.3, 0.4) is 0 Å². The summed E-state index contributed by atoms with van der Waals surface area (Å²) >= 11 is 0. The fourth-order valence-electron chi connectivity index (χ4n) is 2.70. The van der Waals surface area contributed by atoms with E-state index in [0.717, 1.165) is 36.1 Å². The van der Waals surface area contributed by atoms with Crippen molar-refractivity contribution >= 4 is 0 Å². The molecule has 1 aliphatic rings. The van der Waals surface area contributed by atoms with Gasteiger partial charge in [0.1, 0.15) is 5.82 Å². The highest BCUT2D eigenvalue weighted by molar-refractivity contribution is 5.42. The third kappa shape index (κ3) is 1.75. The number of benzene rings is 1. The van der Waals surface area contributed by atoms with Gasteiger partial charge in [0, 0.05) is 17.5 Å². The van der Waals surface area contributed by atoms with Crippen LogP contribution in [0.5, 0.6) is 0 Å². The van der Waals surface area contributed by atoms with E-state index in [1.165, 1.54) is 6.07 Å². The summed E-state index contributed by atoms with van der Waals surface area (Å²) in [5.74, 6) is -0.223. The van der Waals surface area contributed by atoms with Gasteiger partial charge in [-0.1, -0.05) is 6.07 Å². The summed E-state index contributed by atoms with van der Waals surface area (Å²) in [6.45, 7) is 1.95. The number of fused-ring (bicyclic) bond motifs is 1. The minimum atomic E-state index is -0.400. The number of hydrogen-bond acceptors (Lipinski definition) is 1. The zero-order valence-corrected chi connectivity index (χ0v) is 10.4. The topological polar surface area (TPSA) is 25.2 Å². The van der Waals surface area contributed by atoms with Crippen LogP contribution in [0.4, 0.5) is 4.39 Å². The summed E-state index contributed by atoms with van der Waals surface area (Å²) < 4.78 is 15.8. The number of aryl methyl sites for hydroxylation is 1. The van der Waals surface area contributed by atoms with Crippen molar-refractivity contribution in [2.24, 2.45) is 0 Å². The van der Waals surface area contributed by atoms with Gasteiger partial charge >= 0.3 is 0 Å². The van der Waals surface area contributed by atoms with Crippen LogP contribution in [0.15, 0.2) is 30.5 Å². The average Bonchev–Trinajstić information content (AvgIpc) is 2.77. The highest BCUT2D eigenvalue weighted by Crippen LogP contribution is 2.32. The first-order valence-corrected chi connectivity index (χ1v) is 6.31. The van der Waals surface area contributed by atoms with E-state index in [1.807, 2.05) is 29.8 Å². The summed E-state index contributed by atoms with van der Waals surface area (Å²) in [6.07, 6.45) is 4.10. The molecule has 2 nitrogen and oxygen atoms in total. The first-order chi connectivity index (χ1) is 8.66. The molecule has 3 rings (SSSR count). The third-order valence-corrected chi connectivity index (χ3v) is 3.64. The van der Waals surface area contributed by atoms with Crippen LogP contribution < -0.4 is 0 Å². The average molecular weight is 245 g/mol. The van der Waals surface area contributed by atoms with Crippen LogP contribution in [-0.4, -0.2) is 9.67 Å². The molecule has 94 valence electrons. The Morgan fingerprint density at radius 2 is 2.17 bits per heavy atom. The van der Waals surface area contributed by atoms with Gasteiger partial charge in [0.25, 0.3) is 0 Å². The molecule has 0 fully saturated rings. The second-order valence-electron chi connectivity index (χ2n) is 4.95. The largest absolute Gasteiger partial charge is 0.388 e. The number of aliphatic hydroxyl groups excluding tert-OH is 1. The van der Waals surface area contributed by atoms with Gasteiger partial charge < -0.3 is 9.67 Å². The molecule has 0 spiro atoms. The number of aliphatic hydroxyl groups is 1. The fraction of sp³-hybridized carbons (Fsp3) is 0.333. The Morgan fingerprint density at radius 1 is 1.33 bits per heavy atom. The minimum absolute atomic E-state index is 0.223. The molecule has 1 unspecified atom stereocenters. The summed E-state index contributed by atoms with van der Waals surface area (Å²) in [5, 5.41) is 9.94. The molecule has 1 heterocycles. The molecule has 0 radical (unpaired) electrons. The van der Waals surface area contributed by atoms with Gasteiger partial charge in [-0.2, -0.15) is 0 Å². The molecule has 0 saturated heterocycles. The molecule has 0 saturated carbocycles. The first-order valence-electron chi connectivity index (χ1n) is 6.31. The highest BCUT2D eigenvalue weighted by atomic mass is 19.1. The second kappa shape index (κ2) is 4.25. The standard InChI is InChI=1S/C15H16FNO/c1-10-5-6-12(16)14(9-10)17-8-7-11-13(17)3-2-4-15(11)18/h5-9,15,18H,2-4H2,1H3. The van der Waals surface area contributed by atoms with Crippen LogP contribution >= 0.6 is 0 Å². The SMILES string of the molecule is Cc1ccc(F)c(-n2ccc3c2CCCC3O)c1. The molecule has 0 bridgehead atoms. The van der Waals surface area contributed by atoms with Crippen molar-refractivity contribution in [2.75, 3.05) is 0 Å². The normalized spacial score (nSPS) is 18.7. The molecule has 2 aromatic rings. The Morgan fingerprint density at radius 3 is 3.00 bits per heavy atom. The first kappa shape index (κ1) is 11.5. The van der Waals surface area contributed by atoms with E-state index in [-0.39, 0.29) is 5.82 Å². The summed E-state index contributed by atoms with van der Waals surface area (Å²) in [6, 6.07) is 7.01. The molecular weight excluding hydrogens is 229 g/mol. The predicted molar refractivity (Wildman–Crippen MR) is 68.4 cm³/mol. The maximum atomic E-state index is 13.9. The van der Waals surface area contributed by atoms with Crippen molar-refractivity contribution in [3.8, 4) is 5.69 Å². The van der Waals surface area contributed by atoms with Crippen LogP contribution in [-0.2, 0) is 6.42 Å². The molecule has 1 atom stereocenters. The minimum Gasteiger partial charge on any atom is -0.388 e. The van der Waals surface area contributed by atoms with E-state index in [2.05, 4.69) is 0 Å². The Labute approximate surface area is 106 Å². The van der Waals surface area contributed by atoms with Gasteiger partial charge in [0.15, 0.2) is 0 Å². The smallest absolute Gasteiger partial charge is 0.147 e. The van der Waals surface area contributed by atoms with E-state index < -0.39 is 6.10 Å². The van der Waals surface area contributed by atoms with E-state index in [4.69, 9.17) is 0 Å². The molecule has 0 amide bonds. The lowest BCUT2D eigenvalue weighted by Gasteiger charge is -2.20. The highest BCUT2D eigenvalue weighted by Gasteiger charge is 2.22. The Kier molecular flexibility index (Phi) is 2.71. The molecule has 18 heavy (non-hydrogen) atoms. The Hall–Kier alpha value is -1.61. The maximum absolute atomic E-state index is 13.9. The number of nitrogens with zero attached hydrogens (tertiary/aromatic N) is 1. The molecular formula is C15H16FNO. The van der Waals surface area contributed by atoms with Crippen LogP contribution in [0.2, 0.25) is 0 Å². The van der Waals surface area contributed by atoms with E-state index in [9.17, 15) is 9.50 Å². The van der Waals surface area contributed by atoms with Gasteiger partial charge in [-0.15, -0.1) is 0 Å². The Bertz CT molecular complexity index is 588. The van der Waals surface area contributed by atoms with Crippen LogP contribution in [0, 0.1) is 12.7 Å². The monoisotopic (exact) mass is 245 g/mol. The van der Waals surface area contributed by atoms with Gasteiger partial charge in [0.05, 0.1) is 11.8 Å². The van der Waals surface area contributed by atoms with Gasteiger partial charge in [-0.25, -0.2) is 4.39 Å². The van der Waals surface area contributed by atoms with Crippen LogP contribution in [0.25, 0.3) is 5.69 Å². The predicted octanol–water partition coefficient (Wildman–Crippen LogP) is 3.29. The van der Waals surface area contributed by atoms with Gasteiger partial charge in [-0.3, -0.25) is 0 Å². The lowest BCUT2D eigenvalue weighted by atomic mass is 9.95. The third-order valence-electron chi connectivity index (χ3n) is 3.64. The molecule has 0 aliphatic heterocycles. The quantitative estimate of drug-likeness (QED) is 0.819. The molecule has 1 aromatic heterocycles. The van der Waals surface area contributed by atoms with Crippen LogP contribution in [0.1, 0.15) is 35.8 Å². The lowest BCUT2D eigenvalue weighted by molar-refractivity contribution is 0.156. The lowest BCUT2D eigenvalue weighted by Crippen LogP contribution is -2.11. The summed E-state index contributed by atoms with van der Waals surface area (Å²) in [5.41, 5.74) is 3.59. The van der Waals surface area contributed by atoms with E-state index in [1.54, 1.807) is 6.07 Å². The van der Waals surface area contributed by atoms with E-state index >= 15 is 0 Å². The summed E-state index contributed by atoms with van der Waals surface area (Å²) in [4.78, 5) is 0. The maximum Gasteiger partial charge on any atom is 0.147 e. The molecule has 3 heteroatoms. The second-order valence-corrected chi connectivity index (χ2v) is 4.95. The van der Waals surface area contributed by atoms with Crippen molar-refractivity contribution in [1.29, 1.82) is 0 Å². The van der Waals surface area contributed by atoms with Crippen molar-refractivity contribution in [3.05, 3.63) is 53.1 Å². The van der Waals surface area contributed by atoms with Crippen molar-refractivity contribution in [1.82, 2.24) is 4.57 Å². The molecule has 1 N–H and O–H groups in total. The Balaban J connectivity index is 2.15. The molecule has 1 aromatic carbocycles. The van der Waals surface area contributed by atoms with Gasteiger partial charge in [0.2, 0.25) is 0 Å². The van der Waals surface area contributed by atoms with Gasteiger partial charge in [-0.05, 0) is 49.9 Å². The van der Waals surface area contributed by atoms with Crippen molar-refractivity contribution < 1.29 is 9.50 Å². The number of rotatable bonds is 1. The zero-order chi connectivity index (χ0) is 12.7. The summed E-state index contributed by atoms with van der Waals surface area (Å²) in [7, 11) is 0. The van der Waals surface area contributed by atoms with Crippen molar-refractivity contribution in [3.63, 3.8) is 0 Å². The van der Waals surface area contributed by atoms with Crippen molar-refractivity contribution in [2.45, 2.75) is 32.3 Å². The number of hydrogen-bond donors (Lipinski definition) is 1. The molecule has 1 aliphatic carbocycles. The number of halogens is 1. The van der Waals surface area contributed by atoms with E-state index in [0.29, 0.717) is 5.69 Å². The fourth-order valence-corrected chi connectivity index (χ4v) is 2.70.